The second-order valence-electron chi connectivity index (χ2n) is 8.60. The average molecular weight is 485 g/mol. The minimum atomic E-state index is -0.105. The molecule has 1 aliphatic rings. The molecule has 2 aromatic heterocycles. The maximum Gasteiger partial charge on any atom is 0.263 e. The van der Waals surface area contributed by atoms with E-state index in [-0.39, 0.29) is 17.2 Å². The number of fused-ring (bicyclic) bond motifs is 3. The van der Waals surface area contributed by atoms with E-state index in [0.717, 1.165) is 47.4 Å². The first-order chi connectivity index (χ1) is 15.9. The molecule has 3 aromatic rings. The summed E-state index contributed by atoms with van der Waals surface area (Å²) >= 11 is 2.98. The van der Waals surface area contributed by atoms with E-state index < -0.39 is 0 Å². The topological polar surface area (TPSA) is 67.2 Å². The smallest absolute Gasteiger partial charge is 0.263 e. The molecule has 0 fully saturated rings. The van der Waals surface area contributed by atoms with Gasteiger partial charge in [-0.15, -0.1) is 11.3 Å². The molecular weight excluding hydrogens is 452 g/mol. The van der Waals surface area contributed by atoms with Gasteiger partial charge in [0.15, 0.2) is 5.16 Å². The first-order valence-electron chi connectivity index (χ1n) is 11.8. The third-order valence-electron chi connectivity index (χ3n) is 6.14. The van der Waals surface area contributed by atoms with Crippen molar-refractivity contribution >= 4 is 50.6 Å². The van der Waals surface area contributed by atoms with Gasteiger partial charge in [0, 0.05) is 35.4 Å². The Morgan fingerprint density at radius 3 is 2.61 bits per heavy atom. The fourth-order valence-corrected chi connectivity index (χ4v) is 6.68. The molecule has 0 spiro atoms. The number of thioether (sulfide) groups is 1. The van der Waals surface area contributed by atoms with Crippen molar-refractivity contribution in [2.45, 2.75) is 71.1 Å². The number of carbonyl (C=O) groups excluding carboxylic acids is 1. The number of anilines is 2. The molecule has 0 atom stereocenters. The Morgan fingerprint density at radius 2 is 1.94 bits per heavy atom. The summed E-state index contributed by atoms with van der Waals surface area (Å²) in [7, 11) is 0. The van der Waals surface area contributed by atoms with Crippen molar-refractivity contribution in [3.63, 3.8) is 0 Å². The van der Waals surface area contributed by atoms with Crippen molar-refractivity contribution in [2.24, 2.45) is 0 Å². The molecule has 8 heteroatoms. The van der Waals surface area contributed by atoms with Crippen molar-refractivity contribution in [3.05, 3.63) is 45.1 Å². The predicted molar refractivity (Wildman–Crippen MR) is 140 cm³/mol. The molecule has 0 saturated carbocycles. The van der Waals surface area contributed by atoms with Gasteiger partial charge in [0.05, 0.1) is 11.1 Å². The Balaban J connectivity index is 1.47. The van der Waals surface area contributed by atoms with E-state index >= 15 is 0 Å². The molecule has 0 saturated heterocycles. The van der Waals surface area contributed by atoms with Gasteiger partial charge in [0.1, 0.15) is 4.83 Å². The summed E-state index contributed by atoms with van der Waals surface area (Å²) in [6.07, 6.45) is 4.32. The fraction of sp³-hybridized carbons (Fsp3) is 0.480. The van der Waals surface area contributed by atoms with Gasteiger partial charge in [-0.05, 0) is 83.2 Å². The molecule has 1 N–H and O–H groups in total. The lowest BCUT2D eigenvalue weighted by Gasteiger charge is -2.27. The van der Waals surface area contributed by atoms with E-state index in [4.69, 9.17) is 4.98 Å². The maximum absolute atomic E-state index is 13.2. The van der Waals surface area contributed by atoms with Crippen LogP contribution in [-0.2, 0) is 24.2 Å². The Bertz CT molecular complexity index is 1200. The normalized spacial score (nSPS) is 13.4. The number of carbonyl (C=O) groups is 1. The van der Waals surface area contributed by atoms with Gasteiger partial charge in [0.2, 0.25) is 5.91 Å². The number of hydrogen-bond acceptors (Lipinski definition) is 6. The highest BCUT2D eigenvalue weighted by Gasteiger charge is 2.22. The quantitative estimate of drug-likeness (QED) is 0.346. The lowest BCUT2D eigenvalue weighted by Crippen LogP contribution is -2.30. The largest absolute Gasteiger partial charge is 0.369 e. The van der Waals surface area contributed by atoms with E-state index in [1.807, 2.05) is 31.2 Å². The number of aromatic nitrogens is 2. The standard InChI is InChI=1S/C25H32N4O2S2/c1-5-28(16(3)4)18-13-11-17(12-14-18)26-21(30)15-32-25-27-23-22(24(31)29(25)6-2)19-9-7-8-10-20(19)33-23/h11-14,16H,5-10,15H2,1-4H3,(H,26,30). The molecule has 33 heavy (non-hydrogen) atoms. The maximum atomic E-state index is 13.2. The van der Waals surface area contributed by atoms with Crippen LogP contribution in [0.2, 0.25) is 0 Å². The molecule has 2 heterocycles. The van der Waals surface area contributed by atoms with Crippen LogP contribution in [0.1, 0.15) is 51.0 Å². The Morgan fingerprint density at radius 1 is 1.21 bits per heavy atom. The van der Waals surface area contributed by atoms with Crippen LogP contribution in [0.5, 0.6) is 0 Å². The van der Waals surface area contributed by atoms with Crippen molar-refractivity contribution in [2.75, 3.05) is 22.5 Å². The van der Waals surface area contributed by atoms with Crippen LogP contribution in [0.15, 0.2) is 34.2 Å². The molecule has 1 amide bonds. The minimum Gasteiger partial charge on any atom is -0.369 e. The van der Waals surface area contributed by atoms with Gasteiger partial charge in [-0.3, -0.25) is 14.2 Å². The summed E-state index contributed by atoms with van der Waals surface area (Å²) in [5.41, 5.74) is 3.15. The summed E-state index contributed by atoms with van der Waals surface area (Å²) in [4.78, 5) is 35.1. The highest BCUT2D eigenvalue weighted by Crippen LogP contribution is 2.34. The van der Waals surface area contributed by atoms with Crippen LogP contribution in [-0.4, -0.2) is 33.8 Å². The SMILES string of the molecule is CCN(c1ccc(NC(=O)CSc2nc3sc4c(c3c(=O)n2CC)CCCC4)cc1)C(C)C. The van der Waals surface area contributed by atoms with E-state index in [9.17, 15) is 9.59 Å². The molecule has 1 aliphatic carbocycles. The predicted octanol–water partition coefficient (Wildman–Crippen LogP) is 5.32. The number of rotatable bonds is 8. The van der Waals surface area contributed by atoms with E-state index in [1.165, 1.54) is 28.6 Å². The highest BCUT2D eigenvalue weighted by molar-refractivity contribution is 7.99. The third kappa shape index (κ3) is 4.96. The summed E-state index contributed by atoms with van der Waals surface area (Å²) < 4.78 is 1.71. The van der Waals surface area contributed by atoms with E-state index in [1.54, 1.807) is 15.9 Å². The van der Waals surface area contributed by atoms with Crippen LogP contribution in [0.25, 0.3) is 10.2 Å². The minimum absolute atomic E-state index is 0.0334. The molecule has 0 bridgehead atoms. The number of thiophene rings is 1. The van der Waals surface area contributed by atoms with Crippen LogP contribution in [0, 0.1) is 0 Å². The van der Waals surface area contributed by atoms with Crippen LogP contribution < -0.4 is 15.8 Å². The van der Waals surface area contributed by atoms with Crippen LogP contribution in [0.3, 0.4) is 0 Å². The van der Waals surface area contributed by atoms with Crippen molar-refractivity contribution < 1.29 is 4.79 Å². The van der Waals surface area contributed by atoms with Gasteiger partial charge < -0.3 is 10.2 Å². The Kier molecular flexibility index (Phi) is 7.44. The zero-order valence-corrected chi connectivity index (χ0v) is 21.4. The molecule has 6 nitrogen and oxygen atoms in total. The van der Waals surface area contributed by atoms with Gasteiger partial charge in [-0.25, -0.2) is 4.98 Å². The van der Waals surface area contributed by atoms with Crippen LogP contribution in [0.4, 0.5) is 11.4 Å². The van der Waals surface area contributed by atoms with E-state index in [0.29, 0.717) is 17.7 Å². The first-order valence-corrected chi connectivity index (χ1v) is 13.6. The highest BCUT2D eigenvalue weighted by atomic mass is 32.2. The van der Waals surface area contributed by atoms with Gasteiger partial charge in [-0.2, -0.15) is 0 Å². The average Bonchev–Trinajstić information content (AvgIpc) is 3.18. The van der Waals surface area contributed by atoms with Crippen molar-refractivity contribution in [3.8, 4) is 0 Å². The van der Waals surface area contributed by atoms with Gasteiger partial charge in [-0.1, -0.05) is 11.8 Å². The zero-order chi connectivity index (χ0) is 23.5. The summed E-state index contributed by atoms with van der Waals surface area (Å²) in [5, 5.41) is 4.38. The van der Waals surface area contributed by atoms with Gasteiger partial charge >= 0.3 is 0 Å². The molecule has 176 valence electrons. The Labute approximate surface area is 203 Å². The molecule has 0 aliphatic heterocycles. The monoisotopic (exact) mass is 484 g/mol. The van der Waals surface area contributed by atoms with E-state index in [2.05, 4.69) is 31.0 Å². The number of nitrogens with zero attached hydrogens (tertiary/aromatic N) is 3. The zero-order valence-electron chi connectivity index (χ0n) is 19.8. The number of aryl methyl sites for hydroxylation is 2. The summed E-state index contributed by atoms with van der Waals surface area (Å²) in [6.45, 7) is 9.91. The molecule has 0 radical (unpaired) electrons. The Hall–Kier alpha value is -2.32. The molecule has 1 aromatic carbocycles. The van der Waals surface area contributed by atoms with Crippen molar-refractivity contribution in [1.82, 2.24) is 9.55 Å². The molecular formula is C25H32N4O2S2. The molecule has 4 rings (SSSR count). The third-order valence-corrected chi connectivity index (χ3v) is 8.30. The number of hydrogen-bond donors (Lipinski definition) is 1. The first kappa shape index (κ1) is 23.8. The number of nitrogens with one attached hydrogen (secondary N) is 1. The van der Waals surface area contributed by atoms with Crippen LogP contribution >= 0.6 is 23.1 Å². The second-order valence-corrected chi connectivity index (χ2v) is 10.6. The summed E-state index contributed by atoms with van der Waals surface area (Å²) in [6, 6.07) is 8.36. The van der Waals surface area contributed by atoms with Crippen molar-refractivity contribution in [1.29, 1.82) is 0 Å². The number of benzene rings is 1. The second kappa shape index (κ2) is 10.3. The molecule has 0 unspecified atom stereocenters. The number of amides is 1. The van der Waals surface area contributed by atoms with Gasteiger partial charge in [0.25, 0.3) is 5.56 Å². The summed E-state index contributed by atoms with van der Waals surface area (Å²) in [5.74, 6) is 0.101. The lowest BCUT2D eigenvalue weighted by atomic mass is 9.97. The lowest BCUT2D eigenvalue weighted by molar-refractivity contribution is -0.113. The fourth-order valence-electron chi connectivity index (χ4n) is 4.52.